The monoisotopic (exact) mass is 321 g/mol. The maximum atomic E-state index is 12.0. The molecule has 0 aromatic heterocycles. The molecule has 0 fully saturated rings. The van der Waals surface area contributed by atoms with Gasteiger partial charge in [-0.2, -0.15) is 0 Å². The fourth-order valence-corrected chi connectivity index (χ4v) is 2.74. The first-order valence-electron chi connectivity index (χ1n) is 7.70. The van der Waals surface area contributed by atoms with Gasteiger partial charge in [-0.05, 0) is 43.4 Å². The van der Waals surface area contributed by atoms with Crippen LogP contribution < -0.4 is 5.32 Å². The van der Waals surface area contributed by atoms with Crippen LogP contribution in [0.5, 0.6) is 0 Å². The van der Waals surface area contributed by atoms with Crippen molar-refractivity contribution in [2.24, 2.45) is 5.41 Å². The number of nitrogens with one attached hydrogen (secondary N) is 1. The summed E-state index contributed by atoms with van der Waals surface area (Å²) in [6, 6.07) is 6.41. The van der Waals surface area contributed by atoms with Crippen molar-refractivity contribution in [2.75, 3.05) is 6.61 Å². The summed E-state index contributed by atoms with van der Waals surface area (Å²) in [4.78, 5) is 23.8. The van der Waals surface area contributed by atoms with Crippen LogP contribution in [0, 0.1) is 5.41 Å². The highest BCUT2D eigenvalue weighted by molar-refractivity contribution is 5.91. The second kappa shape index (κ2) is 7.59. The minimum atomic E-state index is -0.557. The maximum absolute atomic E-state index is 12.0. The molecule has 128 valence electrons. The number of esters is 1. The van der Waals surface area contributed by atoms with Gasteiger partial charge in [-0.25, -0.2) is 4.79 Å². The molecule has 0 radical (unpaired) electrons. The van der Waals surface area contributed by atoms with Gasteiger partial charge in [0.15, 0.2) is 6.61 Å². The zero-order chi connectivity index (χ0) is 17.7. The van der Waals surface area contributed by atoms with E-state index in [0.717, 1.165) is 6.42 Å². The fourth-order valence-electron chi connectivity index (χ4n) is 2.74. The number of carbonyl (C=O) groups excluding carboxylic acids is 2. The third-order valence-corrected chi connectivity index (χ3v) is 3.16. The van der Waals surface area contributed by atoms with Crippen LogP contribution >= 0.6 is 0 Å². The third-order valence-electron chi connectivity index (χ3n) is 3.16. The number of benzene rings is 1. The lowest BCUT2D eigenvalue weighted by Crippen LogP contribution is -2.47. The topological polar surface area (TPSA) is 75.6 Å². The van der Waals surface area contributed by atoms with Gasteiger partial charge in [0.05, 0.1) is 12.2 Å². The fraction of sp³-hybridized carbons (Fsp3) is 0.556. The number of aliphatic hydroxyl groups is 1. The summed E-state index contributed by atoms with van der Waals surface area (Å²) in [7, 11) is 0. The number of hydrogen-bond acceptors (Lipinski definition) is 4. The molecule has 23 heavy (non-hydrogen) atoms. The van der Waals surface area contributed by atoms with Crippen LogP contribution in [0.4, 0.5) is 0 Å². The molecule has 0 spiro atoms. The minimum absolute atomic E-state index is 0.0827. The molecule has 0 atom stereocenters. The first kappa shape index (κ1) is 19.2. The van der Waals surface area contributed by atoms with Crippen molar-refractivity contribution in [1.82, 2.24) is 5.32 Å². The molecular weight excluding hydrogens is 294 g/mol. The molecule has 5 nitrogen and oxygen atoms in total. The van der Waals surface area contributed by atoms with E-state index in [2.05, 4.69) is 26.1 Å². The van der Waals surface area contributed by atoms with E-state index in [1.807, 2.05) is 13.8 Å². The molecule has 0 saturated heterocycles. The summed E-state index contributed by atoms with van der Waals surface area (Å²) >= 11 is 0. The lowest BCUT2D eigenvalue weighted by Gasteiger charge is -2.33. The minimum Gasteiger partial charge on any atom is -0.452 e. The van der Waals surface area contributed by atoms with Gasteiger partial charge < -0.3 is 15.2 Å². The van der Waals surface area contributed by atoms with Gasteiger partial charge in [0.1, 0.15) is 0 Å². The molecule has 2 N–H and O–H groups in total. The molecule has 0 unspecified atom stereocenters. The lowest BCUT2D eigenvalue weighted by atomic mass is 9.82. The van der Waals surface area contributed by atoms with Gasteiger partial charge in [-0.1, -0.05) is 32.9 Å². The van der Waals surface area contributed by atoms with E-state index in [9.17, 15) is 9.59 Å². The molecule has 0 aliphatic heterocycles. The van der Waals surface area contributed by atoms with Gasteiger partial charge >= 0.3 is 5.97 Å². The van der Waals surface area contributed by atoms with Crippen LogP contribution in [0.3, 0.4) is 0 Å². The molecule has 0 bridgehead atoms. The molecule has 1 aromatic carbocycles. The molecule has 5 heteroatoms. The van der Waals surface area contributed by atoms with Gasteiger partial charge in [-0.15, -0.1) is 0 Å². The smallest absolute Gasteiger partial charge is 0.338 e. The molecule has 1 aromatic rings. The second-order valence-corrected chi connectivity index (χ2v) is 7.60. The number of carbonyl (C=O) groups is 2. The Morgan fingerprint density at radius 1 is 1.09 bits per heavy atom. The van der Waals surface area contributed by atoms with Crippen molar-refractivity contribution >= 4 is 11.9 Å². The van der Waals surface area contributed by atoms with Crippen molar-refractivity contribution in [3.05, 3.63) is 35.4 Å². The Bertz CT molecular complexity index is 541. The summed E-state index contributed by atoms with van der Waals surface area (Å²) in [5.41, 5.74) is 0.777. The SMILES string of the molecule is CC(C)(C)CC(C)(C)NC(=O)COC(=O)c1ccc(CO)cc1. The molecule has 0 heterocycles. The second-order valence-electron chi connectivity index (χ2n) is 7.60. The van der Waals surface area contributed by atoms with Gasteiger partial charge in [0, 0.05) is 5.54 Å². The average Bonchev–Trinajstić information content (AvgIpc) is 2.41. The van der Waals surface area contributed by atoms with Crippen LogP contribution in [-0.4, -0.2) is 29.1 Å². The molecular formula is C18H27NO4. The standard InChI is InChI=1S/C18H27NO4/c1-17(2,3)12-18(4,5)19-15(21)11-23-16(22)14-8-6-13(10-20)7-9-14/h6-9,20H,10-12H2,1-5H3,(H,19,21). The van der Waals surface area contributed by atoms with Gasteiger partial charge in [0.2, 0.25) is 0 Å². The Balaban J connectivity index is 2.50. The van der Waals surface area contributed by atoms with E-state index in [4.69, 9.17) is 9.84 Å². The van der Waals surface area contributed by atoms with E-state index in [0.29, 0.717) is 11.1 Å². The first-order valence-corrected chi connectivity index (χ1v) is 7.70. The predicted molar refractivity (Wildman–Crippen MR) is 88.9 cm³/mol. The number of hydrogen-bond donors (Lipinski definition) is 2. The molecule has 1 rings (SSSR count). The van der Waals surface area contributed by atoms with Crippen LogP contribution in [-0.2, 0) is 16.1 Å². The van der Waals surface area contributed by atoms with Gasteiger partial charge in [-0.3, -0.25) is 4.79 Å². The van der Waals surface area contributed by atoms with E-state index in [-0.39, 0.29) is 30.1 Å². The molecule has 0 aliphatic carbocycles. The van der Waals surface area contributed by atoms with E-state index < -0.39 is 5.97 Å². The summed E-state index contributed by atoms with van der Waals surface area (Å²) < 4.78 is 5.03. The summed E-state index contributed by atoms with van der Waals surface area (Å²) in [5.74, 6) is -0.877. The van der Waals surface area contributed by atoms with E-state index in [1.165, 1.54) is 0 Å². The highest BCUT2D eigenvalue weighted by Gasteiger charge is 2.27. The Labute approximate surface area is 138 Å². The molecule has 0 saturated carbocycles. The van der Waals surface area contributed by atoms with E-state index >= 15 is 0 Å². The number of aliphatic hydroxyl groups excluding tert-OH is 1. The number of ether oxygens (including phenoxy) is 1. The largest absolute Gasteiger partial charge is 0.452 e. The van der Waals surface area contributed by atoms with Crippen LogP contribution in [0.25, 0.3) is 0 Å². The highest BCUT2D eigenvalue weighted by Crippen LogP contribution is 2.26. The summed E-state index contributed by atoms with van der Waals surface area (Å²) in [6.07, 6.45) is 0.808. The zero-order valence-electron chi connectivity index (χ0n) is 14.6. The lowest BCUT2D eigenvalue weighted by molar-refractivity contribution is -0.126. The van der Waals surface area contributed by atoms with Crippen LogP contribution in [0.15, 0.2) is 24.3 Å². The van der Waals surface area contributed by atoms with Crippen molar-refractivity contribution < 1.29 is 19.4 Å². The Hall–Kier alpha value is -1.88. The molecule has 0 aliphatic rings. The normalized spacial score (nSPS) is 11.9. The summed E-state index contributed by atoms with van der Waals surface area (Å²) in [6.45, 7) is 9.83. The van der Waals surface area contributed by atoms with Crippen molar-refractivity contribution in [1.29, 1.82) is 0 Å². The van der Waals surface area contributed by atoms with Crippen LogP contribution in [0.1, 0.15) is 57.0 Å². The van der Waals surface area contributed by atoms with Crippen molar-refractivity contribution in [3.8, 4) is 0 Å². The van der Waals surface area contributed by atoms with Gasteiger partial charge in [0.25, 0.3) is 5.91 Å². The summed E-state index contributed by atoms with van der Waals surface area (Å²) in [5, 5.41) is 11.9. The van der Waals surface area contributed by atoms with Crippen molar-refractivity contribution in [2.45, 2.75) is 53.2 Å². The van der Waals surface area contributed by atoms with E-state index in [1.54, 1.807) is 24.3 Å². The predicted octanol–water partition coefficient (Wildman–Crippen LogP) is 2.67. The quantitative estimate of drug-likeness (QED) is 0.790. The highest BCUT2D eigenvalue weighted by atomic mass is 16.5. The van der Waals surface area contributed by atoms with Crippen molar-refractivity contribution in [3.63, 3.8) is 0 Å². The van der Waals surface area contributed by atoms with Crippen LogP contribution in [0.2, 0.25) is 0 Å². The third kappa shape index (κ3) is 7.28. The number of rotatable bonds is 6. The Morgan fingerprint density at radius 2 is 1.65 bits per heavy atom. The number of amides is 1. The Morgan fingerprint density at radius 3 is 2.13 bits per heavy atom. The first-order chi connectivity index (χ1) is 10.5. The Kier molecular flexibility index (Phi) is 6.33. The zero-order valence-corrected chi connectivity index (χ0v) is 14.6. The molecule has 1 amide bonds. The maximum Gasteiger partial charge on any atom is 0.338 e. The average molecular weight is 321 g/mol.